The van der Waals surface area contributed by atoms with Crippen molar-refractivity contribution < 1.29 is 49.3 Å². The van der Waals surface area contributed by atoms with Crippen LogP contribution in [0.1, 0.15) is 18.6 Å². The number of fused-ring (bicyclic) bond motifs is 1. The van der Waals surface area contributed by atoms with Crippen molar-refractivity contribution in [1.82, 2.24) is 0 Å². The maximum Gasteiger partial charge on any atom is 0.203 e. The first-order chi connectivity index (χ1) is 16.1. The predicted molar refractivity (Wildman–Crippen MR) is 117 cm³/mol. The van der Waals surface area contributed by atoms with Gasteiger partial charge in [-0.05, 0) is 19.1 Å². The molecule has 0 spiro atoms. The Morgan fingerprint density at radius 2 is 1.50 bits per heavy atom. The van der Waals surface area contributed by atoms with Gasteiger partial charge in [-0.1, -0.05) is 0 Å². The molecule has 1 aliphatic heterocycles. The van der Waals surface area contributed by atoms with Crippen molar-refractivity contribution in [3.63, 3.8) is 0 Å². The minimum absolute atomic E-state index is 0.0178. The second kappa shape index (κ2) is 8.69. The van der Waals surface area contributed by atoms with Gasteiger partial charge >= 0.3 is 0 Å². The zero-order valence-electron chi connectivity index (χ0n) is 18.4. The summed E-state index contributed by atoms with van der Waals surface area (Å²) in [5, 5.41) is 61.4. The fraction of sp³-hybridized carbons (Fsp3) is 0.348. The number of phenolic OH excluding ortho intramolecular Hbond substituents is 3. The van der Waals surface area contributed by atoms with Crippen LogP contribution in [0.25, 0.3) is 22.3 Å². The maximum atomic E-state index is 13.6. The molecule has 0 amide bonds. The number of aliphatic hydroxyl groups excluding tert-OH is 3. The van der Waals surface area contributed by atoms with Crippen molar-refractivity contribution in [3.8, 4) is 40.1 Å². The summed E-state index contributed by atoms with van der Waals surface area (Å²) in [7, 11) is 2.61. The monoisotopic (exact) mass is 476 g/mol. The third-order valence-electron chi connectivity index (χ3n) is 5.87. The molecule has 0 saturated carbocycles. The maximum absolute atomic E-state index is 13.6. The van der Waals surface area contributed by atoms with Crippen LogP contribution in [0.2, 0.25) is 0 Å². The topological polar surface area (TPSA) is 179 Å². The average molecular weight is 476 g/mol. The molecule has 11 heteroatoms. The molecule has 5 unspecified atom stereocenters. The van der Waals surface area contributed by atoms with Gasteiger partial charge in [0, 0.05) is 17.7 Å². The second-order valence-corrected chi connectivity index (χ2v) is 7.97. The summed E-state index contributed by atoms with van der Waals surface area (Å²) in [6.07, 6.45) is -7.23. The van der Waals surface area contributed by atoms with Crippen LogP contribution >= 0.6 is 0 Å². The van der Waals surface area contributed by atoms with Crippen LogP contribution in [0, 0.1) is 0 Å². The van der Waals surface area contributed by atoms with Gasteiger partial charge in [-0.2, -0.15) is 0 Å². The molecule has 0 bridgehead atoms. The molecular formula is C23H24O11. The largest absolute Gasteiger partial charge is 0.508 e. The number of ether oxygens (including phenoxy) is 3. The normalized spacial score (nSPS) is 24.8. The highest BCUT2D eigenvalue weighted by molar-refractivity contribution is 5.87. The van der Waals surface area contributed by atoms with E-state index >= 15 is 0 Å². The van der Waals surface area contributed by atoms with Gasteiger partial charge in [0.1, 0.15) is 52.6 Å². The molecule has 5 atom stereocenters. The Bertz CT molecular complexity index is 1270. The highest BCUT2D eigenvalue weighted by Gasteiger charge is 2.45. The van der Waals surface area contributed by atoms with Crippen molar-refractivity contribution in [1.29, 1.82) is 0 Å². The number of benzene rings is 2. The zero-order chi connectivity index (χ0) is 24.9. The van der Waals surface area contributed by atoms with E-state index in [0.29, 0.717) is 0 Å². The molecule has 2 heterocycles. The molecule has 0 radical (unpaired) electrons. The average Bonchev–Trinajstić information content (AvgIpc) is 2.79. The number of methoxy groups -OCH3 is 2. The minimum Gasteiger partial charge on any atom is -0.508 e. The zero-order valence-corrected chi connectivity index (χ0v) is 18.4. The highest BCUT2D eigenvalue weighted by atomic mass is 16.5. The van der Waals surface area contributed by atoms with Crippen LogP contribution in [-0.4, -0.2) is 69.3 Å². The smallest absolute Gasteiger partial charge is 0.203 e. The van der Waals surface area contributed by atoms with Crippen LogP contribution in [-0.2, 0) is 4.74 Å². The number of hydrogen-bond donors (Lipinski definition) is 6. The number of phenols is 3. The van der Waals surface area contributed by atoms with Crippen molar-refractivity contribution >= 4 is 11.0 Å². The molecule has 2 aromatic carbocycles. The van der Waals surface area contributed by atoms with E-state index in [1.807, 2.05) is 0 Å². The SMILES string of the molecule is COc1cc(-c2oc3cc(O)cc(O)c3c(=O)c2C2OC(C)C(O)C(O)C2O)cc(OC)c1O. The Balaban J connectivity index is 2.08. The standard InChI is InChI=1S/C23H24O11/c1-8-17(26)20(29)21(30)23(33-8)16-19(28)15-11(25)6-10(24)7-12(15)34-22(16)9-4-13(31-2)18(27)14(5-9)32-3/h4-8,17,20-21,23-27,29-30H,1-3H3. The number of rotatable bonds is 4. The Kier molecular flexibility index (Phi) is 6.04. The Hall–Kier alpha value is -3.51. The highest BCUT2D eigenvalue weighted by Crippen LogP contribution is 2.44. The van der Waals surface area contributed by atoms with Crippen molar-refractivity contribution in [2.75, 3.05) is 14.2 Å². The summed E-state index contributed by atoms with van der Waals surface area (Å²) in [4.78, 5) is 13.6. The molecule has 1 aliphatic rings. The van der Waals surface area contributed by atoms with Crippen LogP contribution < -0.4 is 14.9 Å². The Morgan fingerprint density at radius 3 is 2.09 bits per heavy atom. The van der Waals surface area contributed by atoms with E-state index in [-0.39, 0.29) is 50.9 Å². The van der Waals surface area contributed by atoms with Crippen LogP contribution in [0.4, 0.5) is 0 Å². The van der Waals surface area contributed by atoms with E-state index in [9.17, 15) is 35.4 Å². The first-order valence-electron chi connectivity index (χ1n) is 10.3. The first-order valence-corrected chi connectivity index (χ1v) is 10.3. The molecule has 4 rings (SSSR count). The van der Waals surface area contributed by atoms with E-state index in [1.54, 1.807) is 0 Å². The molecule has 34 heavy (non-hydrogen) atoms. The molecule has 1 fully saturated rings. The van der Waals surface area contributed by atoms with Gasteiger partial charge in [0.15, 0.2) is 11.5 Å². The van der Waals surface area contributed by atoms with Crippen LogP contribution in [0.5, 0.6) is 28.7 Å². The van der Waals surface area contributed by atoms with Gasteiger partial charge in [0.25, 0.3) is 0 Å². The molecule has 182 valence electrons. The summed E-state index contributed by atoms with van der Waals surface area (Å²) in [6, 6.07) is 4.77. The number of aliphatic hydroxyl groups is 3. The molecular weight excluding hydrogens is 452 g/mol. The van der Waals surface area contributed by atoms with E-state index in [4.69, 9.17) is 18.6 Å². The molecule has 0 aliphatic carbocycles. The van der Waals surface area contributed by atoms with E-state index in [2.05, 4.69) is 0 Å². The van der Waals surface area contributed by atoms with Gasteiger partial charge in [0.2, 0.25) is 11.2 Å². The number of aromatic hydroxyl groups is 3. The summed E-state index contributed by atoms with van der Waals surface area (Å²) in [5.41, 5.74) is -1.09. The Labute approximate surface area is 192 Å². The lowest BCUT2D eigenvalue weighted by atomic mass is 9.89. The van der Waals surface area contributed by atoms with Crippen molar-refractivity contribution in [3.05, 3.63) is 40.1 Å². The van der Waals surface area contributed by atoms with Crippen LogP contribution in [0.15, 0.2) is 33.5 Å². The Morgan fingerprint density at radius 1 is 0.882 bits per heavy atom. The lowest BCUT2D eigenvalue weighted by molar-refractivity contribution is -0.219. The summed E-state index contributed by atoms with van der Waals surface area (Å²) < 4.78 is 22.0. The molecule has 1 saturated heterocycles. The third-order valence-corrected chi connectivity index (χ3v) is 5.87. The third kappa shape index (κ3) is 3.68. The van der Waals surface area contributed by atoms with E-state index in [0.717, 1.165) is 12.1 Å². The van der Waals surface area contributed by atoms with Crippen molar-refractivity contribution in [2.45, 2.75) is 37.4 Å². The lowest BCUT2D eigenvalue weighted by Crippen LogP contribution is -2.53. The van der Waals surface area contributed by atoms with Gasteiger partial charge in [-0.25, -0.2) is 0 Å². The fourth-order valence-electron chi connectivity index (χ4n) is 4.09. The van der Waals surface area contributed by atoms with Gasteiger partial charge in [-0.15, -0.1) is 0 Å². The van der Waals surface area contributed by atoms with Crippen molar-refractivity contribution in [2.24, 2.45) is 0 Å². The van der Waals surface area contributed by atoms with Gasteiger partial charge in [-0.3, -0.25) is 4.79 Å². The first kappa shape index (κ1) is 23.6. The number of hydrogen-bond acceptors (Lipinski definition) is 11. The molecule has 1 aromatic heterocycles. The molecule has 11 nitrogen and oxygen atoms in total. The fourth-order valence-corrected chi connectivity index (χ4v) is 4.09. The lowest BCUT2D eigenvalue weighted by Gasteiger charge is -2.39. The summed E-state index contributed by atoms with van der Waals surface area (Å²) in [5.74, 6) is -1.45. The van der Waals surface area contributed by atoms with E-state index < -0.39 is 41.7 Å². The summed E-state index contributed by atoms with van der Waals surface area (Å²) >= 11 is 0. The quantitative estimate of drug-likeness (QED) is 0.318. The predicted octanol–water partition coefficient (Wildman–Crippen LogP) is 1.14. The van der Waals surface area contributed by atoms with Gasteiger partial charge in [0.05, 0.1) is 25.9 Å². The molecule has 6 N–H and O–H groups in total. The summed E-state index contributed by atoms with van der Waals surface area (Å²) in [6.45, 7) is 1.46. The van der Waals surface area contributed by atoms with E-state index in [1.165, 1.54) is 33.3 Å². The molecule has 3 aromatic rings. The van der Waals surface area contributed by atoms with Gasteiger partial charge < -0.3 is 49.3 Å². The van der Waals surface area contributed by atoms with Crippen LogP contribution in [0.3, 0.4) is 0 Å². The minimum atomic E-state index is -1.73. The second-order valence-electron chi connectivity index (χ2n) is 7.97.